The third kappa shape index (κ3) is 5.04. The van der Waals surface area contributed by atoms with E-state index in [1.165, 1.54) is 0 Å². The van der Waals surface area contributed by atoms with Crippen LogP contribution in [0.1, 0.15) is 30.9 Å². The molecule has 6 rings (SSSR count). The number of nitrogens with zero attached hydrogens (tertiary/aromatic N) is 3. The topological polar surface area (TPSA) is 90.4 Å². The number of hydrogen-bond donors (Lipinski definition) is 1. The van der Waals surface area contributed by atoms with Gasteiger partial charge in [-0.2, -0.15) is 0 Å². The molecule has 0 saturated carbocycles. The summed E-state index contributed by atoms with van der Waals surface area (Å²) >= 11 is 0. The Hall–Kier alpha value is -3.86. The molecular weight excluding hydrogens is 577 g/mol. The fraction of sp³-hybridized carbons (Fsp3) is 0.382. The van der Waals surface area contributed by atoms with Gasteiger partial charge in [0, 0.05) is 54.5 Å². The molecule has 0 aliphatic carbocycles. The molecule has 44 heavy (non-hydrogen) atoms. The Morgan fingerprint density at radius 2 is 1.73 bits per heavy atom. The highest BCUT2D eigenvalue weighted by atomic mass is 28.4. The summed E-state index contributed by atoms with van der Waals surface area (Å²) in [6, 6.07) is 24.3. The van der Waals surface area contributed by atoms with Gasteiger partial charge in [0.25, 0.3) is 5.91 Å². The molecule has 2 saturated heterocycles. The fourth-order valence-electron chi connectivity index (χ4n) is 7.27. The van der Waals surface area contributed by atoms with Gasteiger partial charge in [-0.1, -0.05) is 55.5 Å². The molecule has 0 radical (unpaired) electrons. The third-order valence-electron chi connectivity index (χ3n) is 9.34. The molecule has 10 heteroatoms. The molecular formula is C34H38FN3O5Si. The zero-order valence-electron chi connectivity index (χ0n) is 25.3. The third-order valence-corrected chi connectivity index (χ3v) is 11.8. The largest absolute Gasteiger partial charge is 0.395 e. The number of rotatable bonds is 9. The number of halogens is 1. The van der Waals surface area contributed by atoms with Crippen LogP contribution in [0.4, 0.5) is 21.2 Å². The number of anilines is 3. The van der Waals surface area contributed by atoms with Crippen LogP contribution < -0.4 is 9.80 Å². The standard InChI is InChI=1S/C34H38FN3O5Si/c1-23-32(44(2,3)35)29(21-31(41)36(18-19-39)22-24-10-6-4-7-11-24)43-34(23)27-20-26(37-17-16-30(37)40)14-15-28(27)38(33(34)42)25-12-8-5-9-13-25/h4-15,20,23,29,32,39H,16-19,21-22H2,1-3H3/t23-,29+,32-,34+/m1/s1. The Bertz CT molecular complexity index is 1570. The van der Waals surface area contributed by atoms with Gasteiger partial charge in [-0.25, -0.2) is 0 Å². The van der Waals surface area contributed by atoms with E-state index in [2.05, 4.69) is 0 Å². The summed E-state index contributed by atoms with van der Waals surface area (Å²) in [5.41, 5.74) is 1.25. The first-order valence-corrected chi connectivity index (χ1v) is 18.2. The van der Waals surface area contributed by atoms with Crippen LogP contribution in [0.2, 0.25) is 18.6 Å². The quantitative estimate of drug-likeness (QED) is 0.201. The molecule has 3 amide bonds. The van der Waals surface area contributed by atoms with E-state index in [0.29, 0.717) is 42.1 Å². The molecule has 0 aromatic heterocycles. The molecule has 4 atom stereocenters. The van der Waals surface area contributed by atoms with E-state index < -0.39 is 31.6 Å². The average molecular weight is 616 g/mol. The van der Waals surface area contributed by atoms with Crippen molar-refractivity contribution < 1.29 is 28.3 Å². The second-order valence-electron chi connectivity index (χ2n) is 12.5. The van der Waals surface area contributed by atoms with Crippen LogP contribution in [0.5, 0.6) is 0 Å². The van der Waals surface area contributed by atoms with Crippen LogP contribution >= 0.6 is 0 Å². The number of para-hydroxylation sites is 1. The maximum absolute atomic E-state index is 16.3. The Balaban J connectivity index is 1.41. The molecule has 0 bridgehead atoms. The maximum atomic E-state index is 16.3. The van der Waals surface area contributed by atoms with Crippen LogP contribution in [0.15, 0.2) is 78.9 Å². The molecule has 230 valence electrons. The molecule has 0 unspecified atom stereocenters. The molecule has 3 aliphatic heterocycles. The van der Waals surface area contributed by atoms with E-state index in [4.69, 9.17) is 4.74 Å². The van der Waals surface area contributed by atoms with Crippen molar-refractivity contribution in [2.75, 3.05) is 29.5 Å². The number of carbonyl (C=O) groups excluding carboxylic acids is 3. The first-order chi connectivity index (χ1) is 21.1. The van der Waals surface area contributed by atoms with E-state index in [-0.39, 0.29) is 37.3 Å². The normalized spacial score (nSPS) is 24.5. The number of ether oxygens (including phenoxy) is 1. The summed E-state index contributed by atoms with van der Waals surface area (Å²) in [5.74, 6) is -1.18. The van der Waals surface area contributed by atoms with Crippen molar-refractivity contribution in [1.82, 2.24) is 4.90 Å². The number of fused-ring (bicyclic) bond motifs is 2. The smallest absolute Gasteiger partial charge is 0.268 e. The van der Waals surface area contributed by atoms with Gasteiger partial charge < -0.3 is 23.8 Å². The van der Waals surface area contributed by atoms with E-state index in [1.54, 1.807) is 27.8 Å². The SMILES string of the molecule is C[C@@H]1[C@@H]([Si](C)(C)F)[C@H](CC(=O)N(CCO)Cc2ccccc2)O[C@@]12C(=O)N(c1ccccc1)c1ccc(N3CCC3=O)cc12. The highest BCUT2D eigenvalue weighted by Crippen LogP contribution is 2.61. The van der Waals surface area contributed by atoms with Gasteiger partial charge >= 0.3 is 0 Å². The summed E-state index contributed by atoms with van der Waals surface area (Å²) in [7, 11) is -3.51. The lowest BCUT2D eigenvalue weighted by molar-refractivity contribution is -0.149. The van der Waals surface area contributed by atoms with Crippen molar-refractivity contribution in [1.29, 1.82) is 0 Å². The molecule has 8 nitrogen and oxygen atoms in total. The average Bonchev–Trinajstić information content (AvgIpc) is 3.43. The number of benzene rings is 3. The van der Waals surface area contributed by atoms with Gasteiger partial charge in [0.05, 0.1) is 24.8 Å². The number of aliphatic hydroxyl groups excluding tert-OH is 1. The van der Waals surface area contributed by atoms with Crippen molar-refractivity contribution in [3.05, 3.63) is 90.0 Å². The van der Waals surface area contributed by atoms with E-state index in [0.717, 1.165) is 5.56 Å². The van der Waals surface area contributed by atoms with Crippen molar-refractivity contribution >= 4 is 43.2 Å². The lowest BCUT2D eigenvalue weighted by atomic mass is 9.82. The second kappa shape index (κ2) is 11.6. The number of carbonyl (C=O) groups is 3. The van der Waals surface area contributed by atoms with Crippen molar-refractivity contribution in [2.24, 2.45) is 5.92 Å². The Labute approximate surface area is 258 Å². The summed E-state index contributed by atoms with van der Waals surface area (Å²) in [5, 5.41) is 9.75. The predicted octanol–water partition coefficient (Wildman–Crippen LogP) is 5.29. The lowest BCUT2D eigenvalue weighted by Gasteiger charge is -2.33. The summed E-state index contributed by atoms with van der Waals surface area (Å²) in [4.78, 5) is 45.7. The van der Waals surface area contributed by atoms with Gasteiger partial charge in [-0.15, -0.1) is 0 Å². The summed E-state index contributed by atoms with van der Waals surface area (Å²) in [6.45, 7) is 5.86. The minimum absolute atomic E-state index is 0.00432. The van der Waals surface area contributed by atoms with Crippen LogP contribution in [0.3, 0.4) is 0 Å². The van der Waals surface area contributed by atoms with E-state index in [1.807, 2.05) is 85.8 Å². The predicted molar refractivity (Wildman–Crippen MR) is 169 cm³/mol. The van der Waals surface area contributed by atoms with Crippen LogP contribution in [0.25, 0.3) is 0 Å². The van der Waals surface area contributed by atoms with Crippen LogP contribution in [-0.4, -0.2) is 61.9 Å². The van der Waals surface area contributed by atoms with E-state index >= 15 is 4.11 Å². The van der Waals surface area contributed by atoms with Gasteiger partial charge in [0.1, 0.15) is 0 Å². The van der Waals surface area contributed by atoms with Crippen molar-refractivity contribution in [3.63, 3.8) is 0 Å². The Kier molecular flexibility index (Phi) is 7.94. The highest BCUT2D eigenvalue weighted by molar-refractivity contribution is 6.72. The monoisotopic (exact) mass is 615 g/mol. The summed E-state index contributed by atoms with van der Waals surface area (Å²) in [6.07, 6.45) is -0.517. The van der Waals surface area contributed by atoms with E-state index in [9.17, 15) is 19.5 Å². The number of aliphatic hydroxyl groups is 1. The Morgan fingerprint density at radius 3 is 2.32 bits per heavy atom. The van der Waals surface area contributed by atoms with Crippen molar-refractivity contribution in [3.8, 4) is 0 Å². The van der Waals surface area contributed by atoms with Gasteiger partial charge in [0.15, 0.2) is 5.60 Å². The zero-order valence-corrected chi connectivity index (χ0v) is 26.3. The number of hydrogen-bond acceptors (Lipinski definition) is 5. The highest BCUT2D eigenvalue weighted by Gasteiger charge is 2.67. The minimum atomic E-state index is -3.51. The molecule has 1 N–H and O–H groups in total. The Morgan fingerprint density at radius 1 is 1.05 bits per heavy atom. The molecule has 1 spiro atoms. The number of β-lactam (4-membered cyclic amide) rings is 1. The molecule has 3 aliphatic rings. The first kappa shape index (κ1) is 30.2. The van der Waals surface area contributed by atoms with Crippen LogP contribution in [-0.2, 0) is 31.3 Å². The van der Waals surface area contributed by atoms with Gasteiger partial charge in [0.2, 0.25) is 20.2 Å². The van der Waals surface area contributed by atoms with Crippen molar-refractivity contribution in [2.45, 2.75) is 56.7 Å². The first-order valence-electron chi connectivity index (χ1n) is 15.2. The zero-order chi connectivity index (χ0) is 31.2. The molecule has 3 aromatic rings. The fourth-order valence-corrected chi connectivity index (χ4v) is 9.76. The minimum Gasteiger partial charge on any atom is -0.395 e. The van der Waals surface area contributed by atoms with Crippen LogP contribution in [0, 0.1) is 5.92 Å². The molecule has 3 aromatic carbocycles. The maximum Gasteiger partial charge on any atom is 0.268 e. The lowest BCUT2D eigenvalue weighted by Crippen LogP contribution is -2.45. The molecule has 2 fully saturated rings. The number of amides is 3. The van der Waals surface area contributed by atoms with Gasteiger partial charge in [-0.05, 0) is 49.0 Å². The molecule has 3 heterocycles. The second-order valence-corrected chi connectivity index (χ2v) is 16.3. The summed E-state index contributed by atoms with van der Waals surface area (Å²) < 4.78 is 23.1. The van der Waals surface area contributed by atoms with Gasteiger partial charge in [-0.3, -0.25) is 19.3 Å².